The van der Waals surface area contributed by atoms with E-state index in [1.54, 1.807) is 18.2 Å². The van der Waals surface area contributed by atoms with Crippen LogP contribution in [0.4, 0.5) is 13.2 Å². The number of methoxy groups -OCH3 is 1. The summed E-state index contributed by atoms with van der Waals surface area (Å²) in [6, 6.07) is 26.5. The molecule has 4 aromatic rings. The molecule has 0 bridgehead atoms. The Balaban J connectivity index is 1.51. The number of amides is 1. The highest BCUT2D eigenvalue weighted by atomic mass is 19.4. The van der Waals surface area contributed by atoms with Gasteiger partial charge in [-0.1, -0.05) is 78.9 Å². The molecule has 0 unspecified atom stereocenters. The van der Waals surface area contributed by atoms with Gasteiger partial charge in [-0.15, -0.1) is 0 Å². The van der Waals surface area contributed by atoms with Crippen LogP contribution in [0, 0.1) is 0 Å². The third kappa shape index (κ3) is 8.83. The van der Waals surface area contributed by atoms with E-state index in [9.17, 15) is 27.9 Å². The number of rotatable bonds is 12. The van der Waals surface area contributed by atoms with Gasteiger partial charge in [0, 0.05) is 6.42 Å². The molecule has 0 heterocycles. The van der Waals surface area contributed by atoms with Crippen molar-refractivity contribution in [3.05, 3.63) is 131 Å². The molecule has 7 nitrogen and oxygen atoms in total. The Morgan fingerprint density at radius 3 is 1.86 bits per heavy atom. The second-order valence-corrected chi connectivity index (χ2v) is 9.64. The first-order chi connectivity index (χ1) is 20.6. The Labute approximate surface area is 246 Å². The SMILES string of the molecule is COC(=O)[C@H](Cc1ccc(OCc2ccccc2)c(OCc2ccccc2)c1)NC(=O)[C@H](O)c1ccc(C(F)(F)F)cc1. The average Bonchev–Trinajstić information content (AvgIpc) is 3.02. The number of halogens is 3. The lowest BCUT2D eigenvalue weighted by Crippen LogP contribution is -2.45. The van der Waals surface area contributed by atoms with Gasteiger partial charge < -0.3 is 24.6 Å². The molecule has 0 saturated heterocycles. The lowest BCUT2D eigenvalue weighted by Gasteiger charge is -2.20. The van der Waals surface area contributed by atoms with Gasteiger partial charge in [0.2, 0.25) is 0 Å². The van der Waals surface area contributed by atoms with Crippen LogP contribution in [0.5, 0.6) is 11.5 Å². The fraction of sp³-hybridized carbons (Fsp3) is 0.212. The van der Waals surface area contributed by atoms with E-state index in [0.717, 1.165) is 42.5 Å². The Morgan fingerprint density at radius 2 is 1.33 bits per heavy atom. The maximum atomic E-state index is 12.9. The molecule has 0 saturated carbocycles. The third-order valence-corrected chi connectivity index (χ3v) is 6.53. The van der Waals surface area contributed by atoms with Crippen LogP contribution in [0.3, 0.4) is 0 Å². The van der Waals surface area contributed by atoms with Crippen molar-refractivity contribution >= 4 is 11.9 Å². The molecule has 4 aromatic carbocycles. The highest BCUT2D eigenvalue weighted by Crippen LogP contribution is 2.32. The van der Waals surface area contributed by atoms with Gasteiger partial charge in [-0.3, -0.25) is 4.79 Å². The van der Waals surface area contributed by atoms with Crippen molar-refractivity contribution in [3.8, 4) is 11.5 Å². The molecule has 4 rings (SSSR count). The van der Waals surface area contributed by atoms with Crippen molar-refractivity contribution < 1.29 is 42.1 Å². The Bertz CT molecular complexity index is 1500. The molecule has 0 fully saturated rings. The van der Waals surface area contributed by atoms with Crippen LogP contribution in [0.15, 0.2) is 103 Å². The van der Waals surface area contributed by atoms with Crippen molar-refractivity contribution in [1.82, 2.24) is 5.32 Å². The van der Waals surface area contributed by atoms with Crippen molar-refractivity contribution in [2.45, 2.75) is 38.0 Å². The lowest BCUT2D eigenvalue weighted by molar-refractivity contribution is -0.146. The largest absolute Gasteiger partial charge is 0.485 e. The van der Waals surface area contributed by atoms with Gasteiger partial charge in [-0.2, -0.15) is 13.2 Å². The Morgan fingerprint density at radius 1 is 0.767 bits per heavy atom. The van der Waals surface area contributed by atoms with Gasteiger partial charge in [0.1, 0.15) is 19.3 Å². The summed E-state index contributed by atoms with van der Waals surface area (Å²) >= 11 is 0. The fourth-order valence-corrected chi connectivity index (χ4v) is 4.21. The second-order valence-electron chi connectivity index (χ2n) is 9.64. The average molecular weight is 594 g/mol. The molecule has 2 N–H and O–H groups in total. The van der Waals surface area contributed by atoms with E-state index in [1.165, 1.54) is 0 Å². The van der Waals surface area contributed by atoms with Crippen molar-refractivity contribution in [2.75, 3.05) is 7.11 Å². The minimum Gasteiger partial charge on any atom is -0.485 e. The number of hydrogen-bond donors (Lipinski definition) is 2. The van der Waals surface area contributed by atoms with Gasteiger partial charge in [0.25, 0.3) is 5.91 Å². The van der Waals surface area contributed by atoms with Crippen LogP contribution in [0.2, 0.25) is 0 Å². The molecule has 2 atom stereocenters. The topological polar surface area (TPSA) is 94.1 Å². The van der Waals surface area contributed by atoms with E-state index in [4.69, 9.17) is 14.2 Å². The van der Waals surface area contributed by atoms with E-state index in [-0.39, 0.29) is 18.6 Å². The summed E-state index contributed by atoms with van der Waals surface area (Å²) in [4.78, 5) is 25.4. The quantitative estimate of drug-likeness (QED) is 0.202. The number of ether oxygens (including phenoxy) is 3. The number of aliphatic hydroxyl groups is 1. The molecule has 0 spiro atoms. The highest BCUT2D eigenvalue weighted by molar-refractivity contribution is 5.87. The molecule has 1 amide bonds. The molecule has 0 aliphatic rings. The molecular formula is C33H30F3NO6. The third-order valence-electron chi connectivity index (χ3n) is 6.53. The summed E-state index contributed by atoms with van der Waals surface area (Å²) in [6.07, 6.45) is -6.40. The van der Waals surface area contributed by atoms with Crippen molar-refractivity contribution in [3.63, 3.8) is 0 Å². The van der Waals surface area contributed by atoms with Crippen molar-refractivity contribution in [1.29, 1.82) is 0 Å². The summed E-state index contributed by atoms with van der Waals surface area (Å²) in [6.45, 7) is 0.549. The van der Waals surface area contributed by atoms with Crippen LogP contribution in [0.25, 0.3) is 0 Å². The van der Waals surface area contributed by atoms with Gasteiger partial charge >= 0.3 is 12.1 Å². The first-order valence-electron chi connectivity index (χ1n) is 13.3. The zero-order chi connectivity index (χ0) is 30.8. The second kappa shape index (κ2) is 14.4. The van der Waals surface area contributed by atoms with E-state index < -0.39 is 35.8 Å². The van der Waals surface area contributed by atoms with E-state index in [2.05, 4.69) is 5.32 Å². The van der Waals surface area contributed by atoms with Crippen LogP contribution in [-0.2, 0) is 40.1 Å². The molecule has 224 valence electrons. The number of aliphatic hydroxyl groups excluding tert-OH is 1. The smallest absolute Gasteiger partial charge is 0.416 e. The minimum atomic E-state index is -4.56. The van der Waals surface area contributed by atoms with Gasteiger partial charge in [-0.25, -0.2) is 4.79 Å². The highest BCUT2D eigenvalue weighted by Gasteiger charge is 2.31. The molecule has 10 heteroatoms. The Hall–Kier alpha value is -4.83. The number of esters is 1. The lowest BCUT2D eigenvalue weighted by atomic mass is 10.0. The minimum absolute atomic E-state index is 0.0290. The normalized spacial score (nSPS) is 12.6. The summed E-state index contributed by atoms with van der Waals surface area (Å²) < 4.78 is 55.6. The number of benzene rings is 4. The maximum Gasteiger partial charge on any atom is 0.416 e. The monoisotopic (exact) mass is 593 g/mol. The molecule has 0 aliphatic carbocycles. The van der Waals surface area contributed by atoms with Crippen molar-refractivity contribution in [2.24, 2.45) is 0 Å². The predicted molar refractivity (Wildman–Crippen MR) is 152 cm³/mol. The fourth-order valence-electron chi connectivity index (χ4n) is 4.21. The molecular weight excluding hydrogens is 563 g/mol. The van der Waals surface area contributed by atoms with Gasteiger partial charge in [0.05, 0.1) is 12.7 Å². The zero-order valence-corrected chi connectivity index (χ0v) is 23.2. The first kappa shape index (κ1) is 31.1. The summed E-state index contributed by atoms with van der Waals surface area (Å²) in [5.41, 5.74) is 1.50. The van der Waals surface area contributed by atoms with Crippen LogP contribution >= 0.6 is 0 Å². The number of alkyl halides is 3. The van der Waals surface area contributed by atoms with Crippen LogP contribution < -0.4 is 14.8 Å². The number of nitrogens with one attached hydrogen (secondary N) is 1. The van der Waals surface area contributed by atoms with E-state index in [0.29, 0.717) is 23.7 Å². The van der Waals surface area contributed by atoms with Crippen LogP contribution in [0.1, 0.15) is 33.9 Å². The molecule has 0 radical (unpaired) electrons. The Kier molecular flexibility index (Phi) is 10.4. The summed E-state index contributed by atoms with van der Waals surface area (Å²) in [7, 11) is 1.16. The standard InChI is InChI=1S/C33H30F3NO6/c1-41-32(40)27(37-31(39)30(38)25-13-15-26(16-14-25)33(34,35)36)18-24-12-17-28(42-20-22-8-4-2-5-9-22)29(19-24)43-21-23-10-6-3-7-11-23/h2-17,19,27,30,38H,18,20-21H2,1H3,(H,37,39)/t27-,30+/m0/s1. The zero-order valence-electron chi connectivity index (χ0n) is 23.2. The van der Waals surface area contributed by atoms with Gasteiger partial charge in [-0.05, 0) is 46.5 Å². The molecule has 0 aliphatic heterocycles. The molecule has 43 heavy (non-hydrogen) atoms. The van der Waals surface area contributed by atoms with Crippen LogP contribution in [-0.4, -0.2) is 30.1 Å². The van der Waals surface area contributed by atoms with Gasteiger partial charge in [0.15, 0.2) is 17.6 Å². The summed E-state index contributed by atoms with van der Waals surface area (Å²) in [5.74, 6) is -0.861. The maximum absolute atomic E-state index is 12.9. The number of carbonyl (C=O) groups excluding carboxylic acids is 2. The summed E-state index contributed by atoms with van der Waals surface area (Å²) in [5, 5.41) is 12.9. The molecule has 0 aromatic heterocycles. The first-order valence-corrected chi connectivity index (χ1v) is 13.3. The predicted octanol–water partition coefficient (Wildman–Crippen LogP) is 5.80. The number of hydrogen-bond acceptors (Lipinski definition) is 6. The van der Waals surface area contributed by atoms with E-state index in [1.807, 2.05) is 60.7 Å². The van der Waals surface area contributed by atoms with E-state index >= 15 is 0 Å². The number of carbonyl (C=O) groups is 2.